The van der Waals surface area contributed by atoms with Crippen LogP contribution in [0, 0.1) is 5.82 Å². The van der Waals surface area contributed by atoms with Gasteiger partial charge in [0.15, 0.2) is 0 Å². The number of anilines is 1. The van der Waals surface area contributed by atoms with Crippen LogP contribution in [0.3, 0.4) is 0 Å². The molecule has 6 heteroatoms. The zero-order valence-corrected chi connectivity index (χ0v) is 10.7. The minimum Gasteiger partial charge on any atom is -0.478 e. The highest BCUT2D eigenvalue weighted by atomic mass is 19.1. The molecule has 5 nitrogen and oxygen atoms in total. The number of carboxylic acids is 1. The molecule has 1 aliphatic carbocycles. The van der Waals surface area contributed by atoms with E-state index in [2.05, 4.69) is 16.7 Å². The Balaban J connectivity index is 1.95. The molecule has 0 heterocycles. The second kappa shape index (κ2) is 6.18. The van der Waals surface area contributed by atoms with Gasteiger partial charge >= 0.3 is 12.0 Å². The van der Waals surface area contributed by atoms with E-state index in [-0.39, 0.29) is 11.7 Å². The van der Waals surface area contributed by atoms with Crippen molar-refractivity contribution in [3.8, 4) is 0 Å². The molecule has 1 unspecified atom stereocenters. The standard InChI is InChI=1S/C14H15FN2O3/c15-12-8-10(6-7-11(12)13(18)19)17-14(20)16-9-4-2-1-3-5-9/h1-2,6-9H,3-5H2,(H,18,19)(H2,16,17,20). The predicted molar refractivity (Wildman–Crippen MR) is 72.3 cm³/mol. The molecule has 0 aliphatic heterocycles. The van der Waals surface area contributed by atoms with E-state index >= 15 is 0 Å². The van der Waals surface area contributed by atoms with Crippen molar-refractivity contribution in [2.24, 2.45) is 0 Å². The highest BCUT2D eigenvalue weighted by Gasteiger charge is 2.14. The minimum atomic E-state index is -1.34. The third-order valence-electron chi connectivity index (χ3n) is 3.06. The topological polar surface area (TPSA) is 78.4 Å². The van der Waals surface area contributed by atoms with E-state index in [1.54, 1.807) is 0 Å². The normalized spacial score (nSPS) is 17.6. The molecule has 0 saturated heterocycles. The molecule has 1 aliphatic rings. The Hall–Kier alpha value is -2.37. The molecule has 3 N–H and O–H groups in total. The highest BCUT2D eigenvalue weighted by molar-refractivity contribution is 5.91. The third kappa shape index (κ3) is 3.57. The van der Waals surface area contributed by atoms with Gasteiger partial charge in [-0.2, -0.15) is 0 Å². The van der Waals surface area contributed by atoms with Crippen LogP contribution in [0.5, 0.6) is 0 Å². The van der Waals surface area contributed by atoms with Gasteiger partial charge in [0.05, 0.1) is 5.56 Å². The molecule has 106 valence electrons. The minimum absolute atomic E-state index is 0.0724. The number of urea groups is 1. The van der Waals surface area contributed by atoms with Crippen molar-refractivity contribution >= 4 is 17.7 Å². The quantitative estimate of drug-likeness (QED) is 0.744. The summed E-state index contributed by atoms with van der Waals surface area (Å²) in [4.78, 5) is 22.4. The van der Waals surface area contributed by atoms with Crippen LogP contribution in [0.15, 0.2) is 30.4 Å². The van der Waals surface area contributed by atoms with Gasteiger partial charge in [-0.3, -0.25) is 0 Å². The largest absolute Gasteiger partial charge is 0.478 e. The molecule has 1 aromatic rings. The summed E-state index contributed by atoms with van der Waals surface area (Å²) in [6, 6.07) is 3.11. The van der Waals surface area contributed by atoms with Crippen molar-refractivity contribution in [3.63, 3.8) is 0 Å². The van der Waals surface area contributed by atoms with Crippen LogP contribution in [-0.4, -0.2) is 23.1 Å². The summed E-state index contributed by atoms with van der Waals surface area (Å²) in [5, 5.41) is 14.0. The Morgan fingerprint density at radius 3 is 2.70 bits per heavy atom. The maximum Gasteiger partial charge on any atom is 0.338 e. The van der Waals surface area contributed by atoms with Gasteiger partial charge in [0.25, 0.3) is 0 Å². The average molecular weight is 278 g/mol. The number of allylic oxidation sites excluding steroid dienone is 1. The van der Waals surface area contributed by atoms with Gasteiger partial charge < -0.3 is 15.7 Å². The maximum absolute atomic E-state index is 13.4. The molecule has 1 atom stereocenters. The van der Waals surface area contributed by atoms with Crippen molar-refractivity contribution in [2.45, 2.75) is 25.3 Å². The van der Waals surface area contributed by atoms with Crippen LogP contribution in [0.4, 0.5) is 14.9 Å². The lowest BCUT2D eigenvalue weighted by molar-refractivity contribution is 0.0692. The first kappa shape index (κ1) is 14.0. The molecule has 2 amide bonds. The van der Waals surface area contributed by atoms with Crippen molar-refractivity contribution < 1.29 is 19.1 Å². The first-order chi connectivity index (χ1) is 9.56. The zero-order valence-electron chi connectivity index (χ0n) is 10.7. The summed E-state index contributed by atoms with van der Waals surface area (Å²) < 4.78 is 13.4. The van der Waals surface area contributed by atoms with Gasteiger partial charge in [0, 0.05) is 11.7 Å². The SMILES string of the molecule is O=C(Nc1ccc(C(=O)O)c(F)c1)NC1CC=CCC1. The summed E-state index contributed by atoms with van der Waals surface area (Å²) in [7, 11) is 0. The number of benzene rings is 1. The summed E-state index contributed by atoms with van der Waals surface area (Å²) in [5.74, 6) is -2.22. The Morgan fingerprint density at radius 2 is 2.10 bits per heavy atom. The van der Waals surface area contributed by atoms with E-state index in [4.69, 9.17) is 5.11 Å². The number of rotatable bonds is 3. The lowest BCUT2D eigenvalue weighted by Crippen LogP contribution is -2.38. The molecule has 0 fully saturated rings. The van der Waals surface area contributed by atoms with E-state index < -0.39 is 23.4 Å². The number of carbonyl (C=O) groups excluding carboxylic acids is 1. The first-order valence-electron chi connectivity index (χ1n) is 6.31. The Morgan fingerprint density at radius 1 is 1.30 bits per heavy atom. The molecule has 1 aromatic carbocycles. The fourth-order valence-corrected chi connectivity index (χ4v) is 2.04. The second-order valence-electron chi connectivity index (χ2n) is 4.58. The number of amides is 2. The Labute approximate surface area is 115 Å². The summed E-state index contributed by atoms with van der Waals surface area (Å²) in [5.41, 5.74) is -0.204. The molecule has 0 spiro atoms. The average Bonchev–Trinajstić information content (AvgIpc) is 2.39. The number of nitrogens with one attached hydrogen (secondary N) is 2. The Bertz CT molecular complexity index is 557. The molecular weight excluding hydrogens is 263 g/mol. The highest BCUT2D eigenvalue weighted by Crippen LogP contribution is 2.15. The van der Waals surface area contributed by atoms with Crippen molar-refractivity contribution in [2.75, 3.05) is 5.32 Å². The molecule has 2 rings (SSSR count). The van der Waals surface area contributed by atoms with Gasteiger partial charge in [0.1, 0.15) is 5.82 Å². The molecule has 0 saturated carbocycles. The second-order valence-corrected chi connectivity index (χ2v) is 4.58. The first-order valence-corrected chi connectivity index (χ1v) is 6.31. The van der Waals surface area contributed by atoms with Gasteiger partial charge in [-0.1, -0.05) is 12.2 Å². The molecule has 0 aromatic heterocycles. The van der Waals surface area contributed by atoms with E-state index in [9.17, 15) is 14.0 Å². The van der Waals surface area contributed by atoms with E-state index in [1.807, 2.05) is 6.08 Å². The monoisotopic (exact) mass is 278 g/mol. The fraction of sp³-hybridized carbons (Fsp3) is 0.286. The number of hydrogen-bond donors (Lipinski definition) is 3. The van der Waals surface area contributed by atoms with Crippen LogP contribution >= 0.6 is 0 Å². The van der Waals surface area contributed by atoms with Crippen molar-refractivity contribution in [1.82, 2.24) is 5.32 Å². The van der Waals surface area contributed by atoms with Crippen molar-refractivity contribution in [1.29, 1.82) is 0 Å². The number of carboxylic acid groups (broad SMARTS) is 1. The molecule has 20 heavy (non-hydrogen) atoms. The van der Waals surface area contributed by atoms with Crippen LogP contribution in [0.1, 0.15) is 29.6 Å². The predicted octanol–water partition coefficient (Wildman–Crippen LogP) is 2.75. The van der Waals surface area contributed by atoms with E-state index in [0.717, 1.165) is 31.4 Å². The van der Waals surface area contributed by atoms with E-state index in [0.29, 0.717) is 0 Å². The van der Waals surface area contributed by atoms with Gasteiger partial charge in [-0.25, -0.2) is 14.0 Å². The molecular formula is C14H15FN2O3. The van der Waals surface area contributed by atoms with Crippen LogP contribution in [0.2, 0.25) is 0 Å². The zero-order chi connectivity index (χ0) is 14.5. The molecule has 0 radical (unpaired) electrons. The van der Waals surface area contributed by atoms with Crippen LogP contribution < -0.4 is 10.6 Å². The molecule has 0 bridgehead atoms. The lowest BCUT2D eigenvalue weighted by atomic mass is 10.0. The summed E-state index contributed by atoms with van der Waals surface area (Å²) in [6.45, 7) is 0. The lowest BCUT2D eigenvalue weighted by Gasteiger charge is -2.19. The number of aromatic carboxylic acids is 1. The number of carbonyl (C=O) groups is 2. The smallest absolute Gasteiger partial charge is 0.338 e. The number of halogens is 1. The van der Waals surface area contributed by atoms with Gasteiger partial charge in [-0.15, -0.1) is 0 Å². The van der Waals surface area contributed by atoms with Crippen molar-refractivity contribution in [3.05, 3.63) is 41.7 Å². The number of hydrogen-bond acceptors (Lipinski definition) is 2. The van der Waals surface area contributed by atoms with Gasteiger partial charge in [0.2, 0.25) is 0 Å². The van der Waals surface area contributed by atoms with Crippen LogP contribution in [0.25, 0.3) is 0 Å². The van der Waals surface area contributed by atoms with E-state index in [1.165, 1.54) is 6.07 Å². The summed E-state index contributed by atoms with van der Waals surface area (Å²) >= 11 is 0. The third-order valence-corrected chi connectivity index (χ3v) is 3.06. The van der Waals surface area contributed by atoms with Crippen LogP contribution in [-0.2, 0) is 0 Å². The Kier molecular flexibility index (Phi) is 4.34. The maximum atomic E-state index is 13.4. The van der Waals surface area contributed by atoms with Gasteiger partial charge in [-0.05, 0) is 37.5 Å². The summed E-state index contributed by atoms with van der Waals surface area (Å²) in [6.07, 6.45) is 6.65. The fourth-order valence-electron chi connectivity index (χ4n) is 2.04.